The fourth-order valence-electron chi connectivity index (χ4n) is 1.51. The van der Waals surface area contributed by atoms with Crippen molar-refractivity contribution in [2.45, 2.75) is 12.8 Å². The Hall–Kier alpha value is -1.57. The average Bonchev–Trinajstić information content (AvgIpc) is 2.63. The fourth-order valence-corrected chi connectivity index (χ4v) is 1.51. The van der Waals surface area contributed by atoms with E-state index in [0.29, 0.717) is 5.92 Å². The molecule has 2 rings (SSSR count). The lowest BCUT2D eigenvalue weighted by molar-refractivity contribution is 0.980. The van der Waals surface area contributed by atoms with Gasteiger partial charge in [0.05, 0.1) is 0 Å². The van der Waals surface area contributed by atoms with Gasteiger partial charge in [-0.2, -0.15) is 0 Å². The predicted molar refractivity (Wildman–Crippen MR) is 54.7 cm³/mol. The summed E-state index contributed by atoms with van der Waals surface area (Å²) in [7, 11) is 0. The summed E-state index contributed by atoms with van der Waals surface area (Å²) in [4.78, 5) is 7.32. The summed E-state index contributed by atoms with van der Waals surface area (Å²) in [6.07, 6.45) is 5.69. The van der Waals surface area contributed by atoms with Crippen molar-refractivity contribution in [2.75, 3.05) is 0 Å². The van der Waals surface area contributed by atoms with Crippen molar-refractivity contribution in [3.8, 4) is 0 Å². The van der Waals surface area contributed by atoms with Crippen LogP contribution in [-0.2, 0) is 0 Å². The molecule has 0 aliphatic rings. The van der Waals surface area contributed by atoms with E-state index < -0.39 is 0 Å². The van der Waals surface area contributed by atoms with Crippen LogP contribution in [0.5, 0.6) is 0 Å². The Morgan fingerprint density at radius 2 is 2.38 bits per heavy atom. The minimum atomic E-state index is 0.376. The number of aromatic amines is 1. The van der Waals surface area contributed by atoms with E-state index >= 15 is 0 Å². The van der Waals surface area contributed by atoms with Crippen LogP contribution in [0, 0.1) is 0 Å². The lowest BCUT2D eigenvalue weighted by Crippen LogP contribution is -1.90. The Kier molecular flexibility index (Phi) is 1.89. The third kappa shape index (κ3) is 1.24. The highest BCUT2D eigenvalue weighted by Gasteiger charge is 2.06. The zero-order valence-corrected chi connectivity index (χ0v) is 7.62. The lowest BCUT2D eigenvalue weighted by Gasteiger charge is -2.06. The maximum Gasteiger partial charge on any atom is 0.137 e. The number of nitrogens with zero attached hydrogens (tertiary/aromatic N) is 1. The molecule has 1 atom stereocenters. The molecule has 2 aromatic rings. The van der Waals surface area contributed by atoms with Crippen molar-refractivity contribution < 1.29 is 0 Å². The number of pyridine rings is 1. The van der Waals surface area contributed by atoms with Gasteiger partial charge in [0.15, 0.2) is 0 Å². The van der Waals surface area contributed by atoms with Crippen LogP contribution in [-0.4, -0.2) is 9.97 Å². The zero-order chi connectivity index (χ0) is 9.26. The number of H-pyrrole nitrogens is 1. The Bertz CT molecular complexity index is 428. The van der Waals surface area contributed by atoms with Crippen molar-refractivity contribution in [3.05, 3.63) is 42.7 Å². The van der Waals surface area contributed by atoms with E-state index in [-0.39, 0.29) is 0 Å². The van der Waals surface area contributed by atoms with E-state index in [0.717, 1.165) is 5.65 Å². The van der Waals surface area contributed by atoms with Gasteiger partial charge in [-0.25, -0.2) is 4.98 Å². The molecule has 2 heteroatoms. The molecule has 1 unspecified atom stereocenters. The molecule has 66 valence electrons. The van der Waals surface area contributed by atoms with E-state index in [2.05, 4.69) is 29.5 Å². The summed E-state index contributed by atoms with van der Waals surface area (Å²) in [6, 6.07) is 4.10. The number of aromatic nitrogens is 2. The molecular weight excluding hydrogens is 160 g/mol. The Balaban J connectivity index is 2.67. The third-order valence-corrected chi connectivity index (χ3v) is 2.34. The van der Waals surface area contributed by atoms with Crippen LogP contribution < -0.4 is 0 Å². The molecule has 13 heavy (non-hydrogen) atoms. The SMILES string of the molecule is C=CC(C)c1ccnc2[nH]ccc12. The first-order chi connectivity index (χ1) is 6.33. The summed E-state index contributed by atoms with van der Waals surface area (Å²) < 4.78 is 0. The van der Waals surface area contributed by atoms with Gasteiger partial charge in [0.25, 0.3) is 0 Å². The molecule has 0 radical (unpaired) electrons. The molecule has 2 aromatic heterocycles. The van der Waals surface area contributed by atoms with Gasteiger partial charge >= 0.3 is 0 Å². The molecule has 0 saturated carbocycles. The van der Waals surface area contributed by atoms with Crippen molar-refractivity contribution in [1.82, 2.24) is 9.97 Å². The van der Waals surface area contributed by atoms with Crippen LogP contribution in [0.3, 0.4) is 0 Å². The second-order valence-corrected chi connectivity index (χ2v) is 3.16. The number of allylic oxidation sites excluding steroid dienone is 1. The zero-order valence-electron chi connectivity index (χ0n) is 7.62. The molecule has 0 aromatic carbocycles. The van der Waals surface area contributed by atoms with Gasteiger partial charge in [0, 0.05) is 17.8 Å². The predicted octanol–water partition coefficient (Wildman–Crippen LogP) is 2.85. The Morgan fingerprint density at radius 1 is 1.54 bits per heavy atom. The minimum absolute atomic E-state index is 0.376. The number of hydrogen-bond donors (Lipinski definition) is 1. The van der Waals surface area contributed by atoms with Crippen molar-refractivity contribution in [2.24, 2.45) is 0 Å². The normalized spacial score (nSPS) is 13.0. The summed E-state index contributed by atoms with van der Waals surface area (Å²) in [6.45, 7) is 5.93. The smallest absolute Gasteiger partial charge is 0.137 e. The molecule has 0 aliphatic heterocycles. The maximum absolute atomic E-state index is 4.23. The van der Waals surface area contributed by atoms with E-state index in [9.17, 15) is 0 Å². The molecular formula is C11H12N2. The Morgan fingerprint density at radius 3 is 3.15 bits per heavy atom. The second kappa shape index (κ2) is 3.05. The van der Waals surface area contributed by atoms with Crippen LogP contribution in [0.15, 0.2) is 37.2 Å². The molecule has 1 N–H and O–H groups in total. The van der Waals surface area contributed by atoms with Gasteiger partial charge in [0.1, 0.15) is 5.65 Å². The number of hydrogen-bond acceptors (Lipinski definition) is 1. The minimum Gasteiger partial charge on any atom is -0.346 e. The molecule has 0 spiro atoms. The van der Waals surface area contributed by atoms with E-state index in [1.165, 1.54) is 10.9 Å². The summed E-state index contributed by atoms with van der Waals surface area (Å²) in [5, 5.41) is 1.19. The van der Waals surface area contributed by atoms with Crippen LogP contribution in [0.4, 0.5) is 0 Å². The largest absolute Gasteiger partial charge is 0.346 e. The van der Waals surface area contributed by atoms with Gasteiger partial charge in [-0.15, -0.1) is 6.58 Å². The summed E-state index contributed by atoms with van der Waals surface area (Å²) in [5.74, 6) is 0.376. The van der Waals surface area contributed by atoms with E-state index in [1.54, 1.807) is 0 Å². The van der Waals surface area contributed by atoms with E-state index in [4.69, 9.17) is 0 Å². The highest BCUT2D eigenvalue weighted by molar-refractivity contribution is 5.79. The second-order valence-electron chi connectivity index (χ2n) is 3.16. The van der Waals surface area contributed by atoms with Crippen LogP contribution in [0.25, 0.3) is 11.0 Å². The first kappa shape index (κ1) is 8.05. The van der Waals surface area contributed by atoms with Gasteiger partial charge in [0.2, 0.25) is 0 Å². The highest BCUT2D eigenvalue weighted by Crippen LogP contribution is 2.23. The molecule has 0 aliphatic carbocycles. The van der Waals surface area contributed by atoms with Crippen LogP contribution in [0.2, 0.25) is 0 Å². The highest BCUT2D eigenvalue weighted by atomic mass is 14.8. The molecule has 2 nitrogen and oxygen atoms in total. The maximum atomic E-state index is 4.23. The number of fused-ring (bicyclic) bond motifs is 1. The molecule has 0 amide bonds. The summed E-state index contributed by atoms with van der Waals surface area (Å²) in [5.41, 5.74) is 2.23. The summed E-state index contributed by atoms with van der Waals surface area (Å²) >= 11 is 0. The molecule has 0 fully saturated rings. The van der Waals surface area contributed by atoms with Gasteiger partial charge in [-0.1, -0.05) is 13.0 Å². The average molecular weight is 172 g/mol. The van der Waals surface area contributed by atoms with Crippen LogP contribution >= 0.6 is 0 Å². The first-order valence-electron chi connectivity index (χ1n) is 4.37. The molecule has 0 bridgehead atoms. The fraction of sp³-hybridized carbons (Fsp3) is 0.182. The van der Waals surface area contributed by atoms with Crippen molar-refractivity contribution in [1.29, 1.82) is 0 Å². The number of nitrogens with one attached hydrogen (secondary N) is 1. The van der Waals surface area contributed by atoms with Gasteiger partial charge < -0.3 is 4.98 Å². The third-order valence-electron chi connectivity index (χ3n) is 2.34. The Labute approximate surface area is 77.3 Å². The first-order valence-corrected chi connectivity index (χ1v) is 4.37. The molecule has 2 heterocycles. The quantitative estimate of drug-likeness (QED) is 0.693. The van der Waals surface area contributed by atoms with Crippen LogP contribution in [0.1, 0.15) is 18.4 Å². The van der Waals surface area contributed by atoms with E-state index in [1.807, 2.05) is 24.5 Å². The monoisotopic (exact) mass is 172 g/mol. The van der Waals surface area contributed by atoms with Crippen molar-refractivity contribution in [3.63, 3.8) is 0 Å². The number of rotatable bonds is 2. The van der Waals surface area contributed by atoms with Gasteiger partial charge in [-0.3, -0.25) is 0 Å². The standard InChI is InChI=1S/C11H12N2/c1-3-8(2)9-4-6-12-11-10(9)5-7-13-11/h3-8H,1H2,2H3,(H,12,13). The topological polar surface area (TPSA) is 28.7 Å². The lowest BCUT2D eigenvalue weighted by atomic mass is 10.00. The van der Waals surface area contributed by atoms with Gasteiger partial charge in [-0.05, 0) is 23.6 Å². The van der Waals surface area contributed by atoms with Crippen molar-refractivity contribution >= 4 is 11.0 Å². The molecule has 0 saturated heterocycles.